The summed E-state index contributed by atoms with van der Waals surface area (Å²) in [6, 6.07) is 10.7. The summed E-state index contributed by atoms with van der Waals surface area (Å²) in [4.78, 5) is 2.27. The van der Waals surface area contributed by atoms with Gasteiger partial charge in [-0.1, -0.05) is 101 Å². The number of likely N-dealkylation sites (tertiary alicyclic amines) is 1. The number of hydrogen-bond acceptors (Lipinski definition) is 3. The molecule has 1 aromatic rings. The Bertz CT molecular complexity index is 521. The van der Waals surface area contributed by atoms with Crippen LogP contribution in [0, 0.1) is 0 Å². The van der Waals surface area contributed by atoms with Crippen LogP contribution in [0.5, 0.6) is 0 Å². The zero-order valence-electron chi connectivity index (χ0n) is 19.8. The van der Waals surface area contributed by atoms with Crippen molar-refractivity contribution in [2.75, 3.05) is 19.6 Å². The van der Waals surface area contributed by atoms with Crippen LogP contribution in [0.4, 0.5) is 0 Å². The van der Waals surface area contributed by atoms with Crippen LogP contribution in [0.2, 0.25) is 0 Å². The summed E-state index contributed by atoms with van der Waals surface area (Å²) in [6.07, 6.45) is 17.6. The Hall–Kier alpha value is -0.320. The largest absolute Gasteiger partial charge is 0.378 e. The molecule has 1 saturated heterocycles. The number of halogens is 2. The maximum Gasteiger partial charge on any atom is 0.107 e. The van der Waals surface area contributed by atoms with Crippen molar-refractivity contribution >= 4 is 24.8 Å². The van der Waals surface area contributed by atoms with Crippen molar-refractivity contribution < 1.29 is 5.11 Å². The number of nitrogens with two attached hydrogens (primary N) is 1. The first-order valence-electron chi connectivity index (χ1n) is 12.4. The van der Waals surface area contributed by atoms with Crippen molar-refractivity contribution in [3.63, 3.8) is 0 Å². The molecule has 5 heteroatoms. The lowest BCUT2D eigenvalue weighted by molar-refractivity contribution is -0.0272. The zero-order valence-corrected chi connectivity index (χ0v) is 21.4. The van der Waals surface area contributed by atoms with Gasteiger partial charge in [-0.3, -0.25) is 4.90 Å². The minimum atomic E-state index is -0.278. The number of hydrogen-bond donors (Lipinski definition) is 2. The Morgan fingerprint density at radius 2 is 1.32 bits per heavy atom. The van der Waals surface area contributed by atoms with E-state index in [1.54, 1.807) is 0 Å². The van der Waals surface area contributed by atoms with Gasteiger partial charge in [-0.15, -0.1) is 24.8 Å². The van der Waals surface area contributed by atoms with E-state index in [4.69, 9.17) is 5.73 Å². The molecule has 0 radical (unpaired) electrons. The number of aliphatic hydroxyl groups is 1. The number of piperidine rings is 1. The van der Waals surface area contributed by atoms with E-state index in [1.165, 1.54) is 69.8 Å². The maximum absolute atomic E-state index is 10.6. The van der Waals surface area contributed by atoms with Gasteiger partial charge < -0.3 is 10.8 Å². The molecular weight excluding hydrogens is 427 g/mol. The lowest BCUT2D eigenvalue weighted by atomic mass is 9.73. The summed E-state index contributed by atoms with van der Waals surface area (Å²) in [5, 5.41) is 10.6. The smallest absolute Gasteiger partial charge is 0.107 e. The van der Waals surface area contributed by atoms with E-state index < -0.39 is 0 Å². The summed E-state index contributed by atoms with van der Waals surface area (Å²) in [7, 11) is 0. The lowest BCUT2D eigenvalue weighted by Crippen LogP contribution is -2.49. The topological polar surface area (TPSA) is 49.5 Å². The molecule has 1 aromatic carbocycles. The summed E-state index contributed by atoms with van der Waals surface area (Å²) >= 11 is 0. The van der Waals surface area contributed by atoms with Crippen LogP contribution >= 0.6 is 24.8 Å². The molecule has 0 bridgehead atoms. The van der Waals surface area contributed by atoms with Crippen LogP contribution in [0.25, 0.3) is 0 Å². The van der Waals surface area contributed by atoms with E-state index in [0.29, 0.717) is 6.54 Å². The molecule has 1 atom stereocenters. The molecular formula is C26H48Cl2N2O. The Morgan fingerprint density at radius 1 is 0.839 bits per heavy atom. The van der Waals surface area contributed by atoms with E-state index in [0.717, 1.165) is 38.8 Å². The predicted octanol–water partition coefficient (Wildman–Crippen LogP) is 6.84. The molecule has 0 amide bonds. The van der Waals surface area contributed by atoms with Gasteiger partial charge >= 0.3 is 0 Å². The third-order valence-electron chi connectivity index (χ3n) is 7.02. The first-order valence-corrected chi connectivity index (χ1v) is 12.4. The average molecular weight is 476 g/mol. The molecule has 1 aliphatic rings. The monoisotopic (exact) mass is 474 g/mol. The number of aliphatic hydroxyl groups excluding tert-OH is 1. The number of rotatable bonds is 15. The first-order chi connectivity index (χ1) is 14.2. The molecule has 1 unspecified atom stereocenters. The van der Waals surface area contributed by atoms with Crippen molar-refractivity contribution in [1.29, 1.82) is 0 Å². The van der Waals surface area contributed by atoms with Gasteiger partial charge in [0.1, 0.15) is 6.23 Å². The van der Waals surface area contributed by atoms with Crippen LogP contribution in [0.3, 0.4) is 0 Å². The molecule has 182 valence electrons. The van der Waals surface area contributed by atoms with Gasteiger partial charge in [-0.25, -0.2) is 0 Å². The van der Waals surface area contributed by atoms with Crippen LogP contribution in [0.1, 0.15) is 102 Å². The van der Waals surface area contributed by atoms with E-state index in [1.807, 2.05) is 0 Å². The van der Waals surface area contributed by atoms with Crippen LogP contribution < -0.4 is 5.73 Å². The molecule has 2 rings (SSSR count). The highest BCUT2D eigenvalue weighted by Gasteiger charge is 2.36. The second-order valence-electron chi connectivity index (χ2n) is 9.19. The van der Waals surface area contributed by atoms with Crippen molar-refractivity contribution in [3.05, 3.63) is 35.9 Å². The Labute approximate surface area is 204 Å². The summed E-state index contributed by atoms with van der Waals surface area (Å²) in [6.45, 7) is 4.87. The van der Waals surface area contributed by atoms with Gasteiger partial charge in [0, 0.05) is 25.0 Å². The normalized spacial score (nSPS) is 16.9. The van der Waals surface area contributed by atoms with Crippen LogP contribution in [-0.4, -0.2) is 35.9 Å². The Balaban J connectivity index is 0.00000450. The van der Waals surface area contributed by atoms with Gasteiger partial charge in [0.2, 0.25) is 0 Å². The van der Waals surface area contributed by atoms with Crippen molar-refractivity contribution in [2.24, 2.45) is 5.73 Å². The standard InChI is InChI=1S/C26H46N2O.2ClH/c1-2-3-4-5-6-7-8-9-10-11-15-18-25(29)28-21-19-26(23-27,20-22-28)24-16-13-12-14-17-24;;/h12-14,16-17,25,29H,2-11,15,18-23,27H2,1H3;2*1H. The van der Waals surface area contributed by atoms with Gasteiger partial charge in [0.25, 0.3) is 0 Å². The zero-order chi connectivity index (χ0) is 20.8. The Morgan fingerprint density at radius 3 is 1.81 bits per heavy atom. The highest BCUT2D eigenvalue weighted by Crippen LogP contribution is 2.35. The van der Waals surface area contributed by atoms with E-state index in [2.05, 4.69) is 42.2 Å². The third kappa shape index (κ3) is 10.9. The highest BCUT2D eigenvalue weighted by atomic mass is 35.5. The number of unbranched alkanes of at least 4 members (excludes halogenated alkanes) is 10. The molecule has 3 nitrogen and oxygen atoms in total. The lowest BCUT2D eigenvalue weighted by Gasteiger charge is -2.43. The minimum Gasteiger partial charge on any atom is -0.378 e. The van der Waals surface area contributed by atoms with Gasteiger partial charge in [0.05, 0.1) is 0 Å². The fourth-order valence-corrected chi connectivity index (χ4v) is 4.83. The fourth-order valence-electron chi connectivity index (χ4n) is 4.83. The predicted molar refractivity (Wildman–Crippen MR) is 140 cm³/mol. The van der Waals surface area contributed by atoms with E-state index >= 15 is 0 Å². The van der Waals surface area contributed by atoms with Crippen molar-refractivity contribution in [2.45, 2.75) is 108 Å². The molecule has 1 heterocycles. The first kappa shape index (κ1) is 30.7. The number of nitrogens with zero attached hydrogens (tertiary/aromatic N) is 1. The SMILES string of the molecule is CCCCCCCCCCCCCC(O)N1CCC(CN)(c2ccccc2)CC1.Cl.Cl. The summed E-state index contributed by atoms with van der Waals surface area (Å²) in [5.41, 5.74) is 7.64. The fraction of sp³-hybridized carbons (Fsp3) is 0.769. The Kier molecular flexibility index (Phi) is 18.0. The van der Waals surface area contributed by atoms with Crippen LogP contribution in [-0.2, 0) is 5.41 Å². The van der Waals surface area contributed by atoms with Gasteiger partial charge in [0.15, 0.2) is 0 Å². The summed E-state index contributed by atoms with van der Waals surface area (Å²) < 4.78 is 0. The van der Waals surface area contributed by atoms with Gasteiger partial charge in [-0.05, 0) is 31.2 Å². The molecule has 31 heavy (non-hydrogen) atoms. The molecule has 0 aromatic heterocycles. The molecule has 1 fully saturated rings. The second-order valence-corrected chi connectivity index (χ2v) is 9.19. The highest BCUT2D eigenvalue weighted by molar-refractivity contribution is 5.85. The number of benzene rings is 1. The molecule has 3 N–H and O–H groups in total. The minimum absolute atomic E-state index is 0. The van der Waals surface area contributed by atoms with E-state index in [-0.39, 0.29) is 36.5 Å². The van der Waals surface area contributed by atoms with Gasteiger partial charge in [-0.2, -0.15) is 0 Å². The third-order valence-corrected chi connectivity index (χ3v) is 7.02. The summed E-state index contributed by atoms with van der Waals surface area (Å²) in [5.74, 6) is 0. The quantitative estimate of drug-likeness (QED) is 0.273. The molecule has 0 aliphatic carbocycles. The van der Waals surface area contributed by atoms with Crippen molar-refractivity contribution in [3.8, 4) is 0 Å². The molecule has 0 saturated carbocycles. The second kappa shape index (κ2) is 18.1. The van der Waals surface area contributed by atoms with Crippen LogP contribution in [0.15, 0.2) is 30.3 Å². The maximum atomic E-state index is 10.6. The van der Waals surface area contributed by atoms with Crippen molar-refractivity contribution in [1.82, 2.24) is 4.90 Å². The molecule has 0 spiro atoms. The molecule has 1 aliphatic heterocycles. The van der Waals surface area contributed by atoms with E-state index in [9.17, 15) is 5.11 Å². The average Bonchev–Trinajstić information content (AvgIpc) is 2.78.